The first kappa shape index (κ1) is 28.2. The van der Waals surface area contributed by atoms with E-state index in [1.165, 1.54) is 0 Å². The Hall–Kier alpha value is -3.37. The first-order valence-corrected chi connectivity index (χ1v) is 13.2. The number of carbonyl (C=O) groups excluding carboxylic acids is 2. The Morgan fingerprint density at radius 2 is 1.81 bits per heavy atom. The van der Waals surface area contributed by atoms with Gasteiger partial charge in [0.15, 0.2) is 6.79 Å². The summed E-state index contributed by atoms with van der Waals surface area (Å²) in [5.74, 6) is 1.17. The van der Waals surface area contributed by atoms with Gasteiger partial charge in [-0.1, -0.05) is 31.7 Å². The molecule has 0 spiro atoms. The van der Waals surface area contributed by atoms with E-state index in [9.17, 15) is 9.59 Å². The van der Waals surface area contributed by atoms with Gasteiger partial charge in [0.2, 0.25) is 0 Å². The van der Waals surface area contributed by atoms with E-state index in [4.69, 9.17) is 18.9 Å². The van der Waals surface area contributed by atoms with E-state index in [1.54, 1.807) is 30.6 Å². The van der Waals surface area contributed by atoms with Gasteiger partial charge in [-0.15, -0.1) is 15.0 Å². The van der Waals surface area contributed by atoms with Gasteiger partial charge in [0.25, 0.3) is 0 Å². The van der Waals surface area contributed by atoms with Gasteiger partial charge >= 0.3 is 11.9 Å². The predicted molar refractivity (Wildman–Crippen MR) is 143 cm³/mol. The van der Waals surface area contributed by atoms with Crippen molar-refractivity contribution in [3.8, 4) is 11.4 Å². The monoisotopic (exact) mass is 527 g/mol. The maximum Gasteiger partial charge on any atom is 0.333 e. The lowest BCUT2D eigenvalue weighted by Crippen LogP contribution is -2.18. The molecule has 2 aromatic carbocycles. The molecule has 0 radical (unpaired) electrons. The van der Waals surface area contributed by atoms with Crippen LogP contribution < -0.4 is 4.74 Å². The second-order valence-electron chi connectivity index (χ2n) is 8.49. The van der Waals surface area contributed by atoms with Gasteiger partial charge in [-0.2, -0.15) is 11.8 Å². The van der Waals surface area contributed by atoms with Gasteiger partial charge in [-0.25, -0.2) is 4.79 Å². The minimum Gasteiger partial charge on any atom is -0.465 e. The van der Waals surface area contributed by atoms with E-state index in [0.29, 0.717) is 35.8 Å². The first-order chi connectivity index (χ1) is 17.9. The van der Waals surface area contributed by atoms with Crippen LogP contribution in [0.4, 0.5) is 0 Å². The topological polar surface area (TPSA) is 102 Å². The van der Waals surface area contributed by atoms with E-state index < -0.39 is 0 Å². The second-order valence-corrected chi connectivity index (χ2v) is 9.64. The minimum absolute atomic E-state index is 0.0975. The molecule has 10 heteroatoms. The summed E-state index contributed by atoms with van der Waals surface area (Å²) in [5.41, 5.74) is 3.58. The fourth-order valence-corrected chi connectivity index (χ4v) is 4.25. The van der Waals surface area contributed by atoms with Gasteiger partial charge in [-0.3, -0.25) is 4.79 Å². The van der Waals surface area contributed by atoms with Crippen molar-refractivity contribution in [1.82, 2.24) is 15.0 Å². The van der Waals surface area contributed by atoms with Crippen LogP contribution in [-0.4, -0.2) is 65.6 Å². The number of hydrogen-bond acceptors (Lipinski definition) is 9. The average Bonchev–Trinajstić information content (AvgIpc) is 3.33. The van der Waals surface area contributed by atoms with Crippen molar-refractivity contribution < 1.29 is 28.5 Å². The Bertz CT molecular complexity index is 1180. The largest absolute Gasteiger partial charge is 0.465 e. The molecule has 198 valence electrons. The Kier molecular flexibility index (Phi) is 11.0. The molecule has 0 saturated heterocycles. The van der Waals surface area contributed by atoms with Crippen LogP contribution in [0, 0.1) is 5.92 Å². The third-order valence-electron chi connectivity index (χ3n) is 5.28. The number of thioether (sulfide) groups is 1. The highest BCUT2D eigenvalue weighted by molar-refractivity contribution is 7.99. The summed E-state index contributed by atoms with van der Waals surface area (Å²) < 4.78 is 21.3. The van der Waals surface area contributed by atoms with E-state index in [2.05, 4.69) is 16.8 Å². The molecule has 0 amide bonds. The normalized spacial score (nSPS) is 11.8. The lowest BCUT2D eigenvalue weighted by molar-refractivity contribution is -0.147. The Labute approximate surface area is 221 Å². The molecule has 0 fully saturated rings. The van der Waals surface area contributed by atoms with Crippen molar-refractivity contribution in [3.63, 3.8) is 0 Å². The fourth-order valence-electron chi connectivity index (χ4n) is 3.28. The molecule has 0 bridgehead atoms. The molecular formula is C27H33N3O6S. The van der Waals surface area contributed by atoms with Gasteiger partial charge in [0.1, 0.15) is 22.5 Å². The fraction of sp³-hybridized carbons (Fsp3) is 0.407. The zero-order valence-electron chi connectivity index (χ0n) is 21.5. The first-order valence-electron chi connectivity index (χ1n) is 12.0. The molecule has 3 aromatic rings. The summed E-state index contributed by atoms with van der Waals surface area (Å²) in [7, 11) is 1.56. The molecule has 0 saturated carbocycles. The highest BCUT2D eigenvalue weighted by Gasteiger charge is 2.16. The molecule has 1 aromatic heterocycles. The lowest BCUT2D eigenvalue weighted by Gasteiger charge is -2.13. The molecule has 37 heavy (non-hydrogen) atoms. The number of aromatic nitrogens is 3. The Morgan fingerprint density at radius 1 is 1.08 bits per heavy atom. The van der Waals surface area contributed by atoms with Crippen molar-refractivity contribution >= 4 is 34.7 Å². The van der Waals surface area contributed by atoms with Crippen LogP contribution in [0.15, 0.2) is 54.6 Å². The van der Waals surface area contributed by atoms with Crippen LogP contribution in [0.3, 0.4) is 0 Å². The number of fused-ring (bicyclic) bond motifs is 1. The minimum atomic E-state index is -0.375. The van der Waals surface area contributed by atoms with Crippen LogP contribution in [0.25, 0.3) is 16.7 Å². The zero-order chi connectivity index (χ0) is 26.6. The number of nitrogens with zero attached hydrogens (tertiary/aromatic N) is 3. The third kappa shape index (κ3) is 8.61. The molecule has 1 heterocycles. The van der Waals surface area contributed by atoms with Gasteiger partial charge in [0.05, 0.1) is 19.1 Å². The van der Waals surface area contributed by atoms with Gasteiger partial charge in [-0.05, 0) is 48.9 Å². The maximum atomic E-state index is 12.4. The second kappa shape index (κ2) is 14.4. The maximum absolute atomic E-state index is 12.4. The number of benzene rings is 2. The molecular weight excluding hydrogens is 494 g/mol. The van der Waals surface area contributed by atoms with E-state index in [1.807, 2.05) is 49.4 Å². The average molecular weight is 528 g/mol. The summed E-state index contributed by atoms with van der Waals surface area (Å²) >= 11 is 1.63. The third-order valence-corrected chi connectivity index (χ3v) is 6.59. The molecule has 1 unspecified atom stereocenters. The lowest BCUT2D eigenvalue weighted by atomic mass is 10.1. The molecule has 3 rings (SSSR count). The molecule has 0 N–H and O–H groups in total. The molecule has 0 aliphatic rings. The van der Waals surface area contributed by atoms with Gasteiger partial charge in [0, 0.05) is 24.9 Å². The van der Waals surface area contributed by atoms with E-state index in [0.717, 1.165) is 28.8 Å². The molecule has 9 nitrogen and oxygen atoms in total. The van der Waals surface area contributed by atoms with E-state index in [-0.39, 0.29) is 31.3 Å². The number of carbonyl (C=O) groups is 2. The van der Waals surface area contributed by atoms with Crippen LogP contribution in [0.5, 0.6) is 5.75 Å². The van der Waals surface area contributed by atoms with E-state index >= 15 is 0 Å². The number of ether oxygens (including phenoxy) is 4. The Balaban J connectivity index is 1.49. The van der Waals surface area contributed by atoms with Crippen molar-refractivity contribution in [2.24, 2.45) is 5.92 Å². The standard InChI is InChI=1S/C27H33N3O6S/c1-19(2)26(31)34-13-7-15-37-17-20(3)27(32)35-14-12-21-10-11-25(36-18-33-4)24(16-21)30-28-22-8-5-6-9-23(22)29-30/h5-6,8-11,16,20H,1,7,12-15,17-18H2,2-4H3. The Morgan fingerprint density at radius 3 is 2.49 bits per heavy atom. The smallest absolute Gasteiger partial charge is 0.333 e. The zero-order valence-corrected chi connectivity index (χ0v) is 22.3. The molecule has 0 aliphatic carbocycles. The quantitative estimate of drug-likeness (QED) is 0.123. The number of methoxy groups -OCH3 is 1. The summed E-state index contributed by atoms with van der Waals surface area (Å²) in [6.45, 7) is 7.72. The van der Waals surface area contributed by atoms with Crippen LogP contribution in [0.2, 0.25) is 0 Å². The van der Waals surface area contributed by atoms with Crippen molar-refractivity contribution in [2.75, 3.05) is 38.6 Å². The van der Waals surface area contributed by atoms with Crippen LogP contribution >= 0.6 is 11.8 Å². The number of esters is 2. The highest BCUT2D eigenvalue weighted by atomic mass is 32.2. The highest BCUT2D eigenvalue weighted by Crippen LogP contribution is 2.25. The summed E-state index contributed by atoms with van der Waals surface area (Å²) in [5, 5.41) is 9.11. The van der Waals surface area contributed by atoms with Crippen LogP contribution in [0.1, 0.15) is 25.8 Å². The number of hydrogen-bond donors (Lipinski definition) is 0. The summed E-state index contributed by atoms with van der Waals surface area (Å²) in [6.07, 6.45) is 1.26. The number of rotatable bonds is 15. The summed E-state index contributed by atoms with van der Waals surface area (Å²) in [4.78, 5) is 25.3. The predicted octanol–water partition coefficient (Wildman–Crippen LogP) is 4.37. The van der Waals surface area contributed by atoms with Crippen molar-refractivity contribution in [1.29, 1.82) is 0 Å². The van der Waals surface area contributed by atoms with Crippen molar-refractivity contribution in [3.05, 3.63) is 60.2 Å². The molecule has 0 aliphatic heterocycles. The molecule has 1 atom stereocenters. The van der Waals surface area contributed by atoms with Crippen LogP contribution in [-0.2, 0) is 30.2 Å². The SMILES string of the molecule is C=C(C)C(=O)OCCCSCC(C)C(=O)OCCc1ccc(OCOC)c(-n2nc3ccccc3n2)c1. The van der Waals surface area contributed by atoms with Gasteiger partial charge < -0.3 is 18.9 Å². The summed E-state index contributed by atoms with van der Waals surface area (Å²) in [6, 6.07) is 13.3. The van der Waals surface area contributed by atoms with Crippen molar-refractivity contribution in [2.45, 2.75) is 26.7 Å².